The van der Waals surface area contributed by atoms with E-state index in [1.165, 1.54) is 11.1 Å². The van der Waals surface area contributed by atoms with Crippen LogP contribution in [-0.2, 0) is 4.79 Å². The fourth-order valence-corrected chi connectivity index (χ4v) is 1.68. The predicted molar refractivity (Wildman–Crippen MR) is 67.4 cm³/mol. The van der Waals surface area contributed by atoms with Crippen LogP contribution in [0.25, 0.3) is 0 Å². The average Bonchev–Trinajstić information content (AvgIpc) is 2.26. The fraction of sp³-hybridized carbons (Fsp3) is 0.462. The summed E-state index contributed by atoms with van der Waals surface area (Å²) in [6.45, 7) is 5.85. The number of aryl methyl sites for hydroxylation is 1. The van der Waals surface area contributed by atoms with Gasteiger partial charge < -0.3 is 10.0 Å². The van der Waals surface area contributed by atoms with Crippen LogP contribution in [0, 0.1) is 12.8 Å². The van der Waals surface area contributed by atoms with Crippen LogP contribution in [0.2, 0.25) is 0 Å². The van der Waals surface area contributed by atoms with Gasteiger partial charge in [-0.05, 0) is 24.5 Å². The number of nitrogens with zero attached hydrogens (tertiary/aromatic N) is 2. The molecular weight excluding hydrogens is 232 g/mol. The number of carboxylic acids is 1. The lowest BCUT2D eigenvalue weighted by molar-refractivity contribution is -0.137. The molecule has 0 fully saturated rings. The summed E-state index contributed by atoms with van der Waals surface area (Å²) in [5.41, 5.74) is 1.30. The monoisotopic (exact) mass is 250 g/mol. The smallest absolute Gasteiger partial charge is 0.323 e. The van der Waals surface area contributed by atoms with E-state index in [-0.39, 0.29) is 18.4 Å². The van der Waals surface area contributed by atoms with Crippen LogP contribution in [-0.4, -0.2) is 40.0 Å². The SMILES string of the molecule is Cc1cncc(C(=O)N(CC(=O)O)CC(C)C)c1. The predicted octanol–water partition coefficient (Wildman–Crippen LogP) is 1.57. The van der Waals surface area contributed by atoms with Gasteiger partial charge in [0.15, 0.2) is 0 Å². The molecule has 0 bridgehead atoms. The molecule has 0 spiro atoms. The number of hydrogen-bond donors (Lipinski definition) is 1. The third-order valence-electron chi connectivity index (χ3n) is 2.32. The molecule has 0 aliphatic carbocycles. The standard InChI is InChI=1S/C13H18N2O3/c1-9(2)7-15(8-12(16)17)13(18)11-4-10(3)5-14-6-11/h4-6,9H,7-8H2,1-3H3,(H,16,17). The van der Waals surface area contributed by atoms with Crippen LogP contribution in [0.15, 0.2) is 18.5 Å². The lowest BCUT2D eigenvalue weighted by atomic mass is 10.1. The highest BCUT2D eigenvalue weighted by atomic mass is 16.4. The lowest BCUT2D eigenvalue weighted by Crippen LogP contribution is -2.38. The maximum Gasteiger partial charge on any atom is 0.323 e. The minimum Gasteiger partial charge on any atom is -0.480 e. The molecule has 1 rings (SSSR count). The Bertz CT molecular complexity index is 444. The second-order valence-corrected chi connectivity index (χ2v) is 4.72. The number of pyridine rings is 1. The van der Waals surface area contributed by atoms with E-state index in [2.05, 4.69) is 4.98 Å². The molecule has 98 valence electrons. The van der Waals surface area contributed by atoms with Crippen LogP contribution in [0.4, 0.5) is 0 Å². The third-order valence-corrected chi connectivity index (χ3v) is 2.32. The van der Waals surface area contributed by atoms with Gasteiger partial charge >= 0.3 is 5.97 Å². The van der Waals surface area contributed by atoms with Crippen molar-refractivity contribution < 1.29 is 14.7 Å². The molecule has 0 unspecified atom stereocenters. The molecule has 1 aromatic rings. The highest BCUT2D eigenvalue weighted by Gasteiger charge is 2.19. The number of aromatic nitrogens is 1. The van der Waals surface area contributed by atoms with Gasteiger partial charge in [-0.25, -0.2) is 0 Å². The van der Waals surface area contributed by atoms with Crippen LogP contribution in [0.5, 0.6) is 0 Å². The Morgan fingerprint density at radius 2 is 2.06 bits per heavy atom. The van der Waals surface area contributed by atoms with Crippen molar-refractivity contribution in [3.63, 3.8) is 0 Å². The molecule has 0 aromatic carbocycles. The zero-order valence-corrected chi connectivity index (χ0v) is 10.9. The third kappa shape index (κ3) is 4.16. The maximum absolute atomic E-state index is 12.2. The zero-order chi connectivity index (χ0) is 13.7. The van der Waals surface area contributed by atoms with E-state index < -0.39 is 5.97 Å². The van der Waals surface area contributed by atoms with Gasteiger partial charge in [0.2, 0.25) is 0 Å². The summed E-state index contributed by atoms with van der Waals surface area (Å²) in [5.74, 6) is -1.09. The molecular formula is C13H18N2O3. The molecule has 0 saturated carbocycles. The summed E-state index contributed by atoms with van der Waals surface area (Å²) < 4.78 is 0. The summed E-state index contributed by atoms with van der Waals surface area (Å²) in [6.07, 6.45) is 3.12. The Hall–Kier alpha value is -1.91. The Morgan fingerprint density at radius 1 is 1.39 bits per heavy atom. The van der Waals surface area contributed by atoms with Gasteiger partial charge in [0.1, 0.15) is 6.54 Å². The van der Waals surface area contributed by atoms with Crippen molar-refractivity contribution in [2.45, 2.75) is 20.8 Å². The first-order chi connectivity index (χ1) is 8.40. The van der Waals surface area contributed by atoms with Gasteiger partial charge in [-0.3, -0.25) is 14.6 Å². The van der Waals surface area contributed by atoms with Crippen LogP contribution >= 0.6 is 0 Å². The fourth-order valence-electron chi connectivity index (χ4n) is 1.68. The van der Waals surface area contributed by atoms with Crippen molar-refractivity contribution in [3.8, 4) is 0 Å². The quantitative estimate of drug-likeness (QED) is 0.861. The molecule has 5 heteroatoms. The zero-order valence-electron chi connectivity index (χ0n) is 10.9. The Labute approximate surface area is 106 Å². The molecule has 0 atom stereocenters. The molecule has 18 heavy (non-hydrogen) atoms. The number of carbonyl (C=O) groups excluding carboxylic acids is 1. The van der Waals surface area contributed by atoms with Crippen molar-refractivity contribution >= 4 is 11.9 Å². The highest BCUT2D eigenvalue weighted by Crippen LogP contribution is 2.08. The molecule has 1 aromatic heterocycles. The van der Waals surface area contributed by atoms with Gasteiger partial charge in [-0.1, -0.05) is 13.8 Å². The minimum atomic E-state index is -1.01. The number of carbonyl (C=O) groups is 2. The highest BCUT2D eigenvalue weighted by molar-refractivity contribution is 5.95. The van der Waals surface area contributed by atoms with E-state index >= 15 is 0 Å². The number of rotatable bonds is 5. The van der Waals surface area contributed by atoms with E-state index in [4.69, 9.17) is 5.11 Å². The normalized spacial score (nSPS) is 10.4. The first-order valence-corrected chi connectivity index (χ1v) is 5.83. The van der Waals surface area contributed by atoms with Crippen molar-refractivity contribution in [2.75, 3.05) is 13.1 Å². The van der Waals surface area contributed by atoms with E-state index in [0.717, 1.165) is 5.56 Å². The van der Waals surface area contributed by atoms with E-state index in [1.54, 1.807) is 12.3 Å². The lowest BCUT2D eigenvalue weighted by Gasteiger charge is -2.22. The van der Waals surface area contributed by atoms with Crippen LogP contribution < -0.4 is 0 Å². The summed E-state index contributed by atoms with van der Waals surface area (Å²) in [4.78, 5) is 28.3. The Morgan fingerprint density at radius 3 is 2.56 bits per heavy atom. The number of carboxylic acid groups (broad SMARTS) is 1. The van der Waals surface area contributed by atoms with Gasteiger partial charge in [-0.15, -0.1) is 0 Å². The molecule has 1 amide bonds. The minimum absolute atomic E-state index is 0.214. The van der Waals surface area contributed by atoms with E-state index in [0.29, 0.717) is 12.1 Å². The molecule has 0 radical (unpaired) electrons. The van der Waals surface area contributed by atoms with Crippen molar-refractivity contribution in [1.82, 2.24) is 9.88 Å². The van der Waals surface area contributed by atoms with Gasteiger partial charge in [0.25, 0.3) is 5.91 Å². The van der Waals surface area contributed by atoms with Gasteiger partial charge in [0.05, 0.1) is 5.56 Å². The average molecular weight is 250 g/mol. The second kappa shape index (κ2) is 6.14. The Kier molecular flexibility index (Phi) is 4.83. The van der Waals surface area contributed by atoms with E-state index in [1.807, 2.05) is 20.8 Å². The first kappa shape index (κ1) is 14.2. The van der Waals surface area contributed by atoms with Crippen LogP contribution in [0.1, 0.15) is 29.8 Å². The molecule has 0 aliphatic heterocycles. The topological polar surface area (TPSA) is 70.5 Å². The second-order valence-electron chi connectivity index (χ2n) is 4.72. The largest absolute Gasteiger partial charge is 0.480 e. The Balaban J connectivity index is 2.90. The van der Waals surface area contributed by atoms with Crippen molar-refractivity contribution in [1.29, 1.82) is 0 Å². The number of aliphatic carboxylic acids is 1. The van der Waals surface area contributed by atoms with E-state index in [9.17, 15) is 9.59 Å². The molecule has 0 aliphatic rings. The molecule has 0 saturated heterocycles. The molecule has 5 nitrogen and oxygen atoms in total. The molecule has 1 heterocycles. The summed E-state index contributed by atoms with van der Waals surface area (Å²) in [5, 5.41) is 8.84. The maximum atomic E-state index is 12.2. The number of amides is 1. The summed E-state index contributed by atoms with van der Waals surface area (Å²) in [7, 11) is 0. The summed E-state index contributed by atoms with van der Waals surface area (Å²) >= 11 is 0. The van der Waals surface area contributed by atoms with Crippen LogP contribution in [0.3, 0.4) is 0 Å². The summed E-state index contributed by atoms with van der Waals surface area (Å²) in [6, 6.07) is 1.71. The van der Waals surface area contributed by atoms with Crippen molar-refractivity contribution in [3.05, 3.63) is 29.6 Å². The molecule has 1 N–H and O–H groups in total. The van der Waals surface area contributed by atoms with Gasteiger partial charge in [-0.2, -0.15) is 0 Å². The van der Waals surface area contributed by atoms with Gasteiger partial charge in [0, 0.05) is 18.9 Å². The van der Waals surface area contributed by atoms with Crippen molar-refractivity contribution in [2.24, 2.45) is 5.92 Å². The first-order valence-electron chi connectivity index (χ1n) is 5.83. The number of hydrogen-bond acceptors (Lipinski definition) is 3.